The molecule has 6 N–H and O–H groups in total. The van der Waals surface area contributed by atoms with E-state index in [1.165, 1.54) is 4.90 Å². The molecule has 0 aromatic heterocycles. The average molecular weight is 458 g/mol. The van der Waals surface area contributed by atoms with Crippen molar-refractivity contribution in [1.29, 1.82) is 0 Å². The van der Waals surface area contributed by atoms with Crippen LogP contribution in [0.3, 0.4) is 0 Å². The second kappa shape index (κ2) is 8.93. The fraction of sp³-hybridized carbons (Fsp3) is 0.850. The van der Waals surface area contributed by atoms with Crippen LogP contribution in [-0.4, -0.2) is 109 Å². The van der Waals surface area contributed by atoms with Gasteiger partial charge in [-0.3, -0.25) is 14.5 Å². The molecule has 0 unspecified atom stereocenters. The Morgan fingerprint density at radius 1 is 1.00 bits per heavy atom. The minimum absolute atomic E-state index is 0.0449. The van der Waals surface area contributed by atoms with E-state index in [0.717, 1.165) is 0 Å². The Morgan fingerprint density at radius 2 is 1.69 bits per heavy atom. The van der Waals surface area contributed by atoms with Crippen molar-refractivity contribution in [2.45, 2.75) is 69.1 Å². The van der Waals surface area contributed by atoms with Crippen LogP contribution in [0, 0.1) is 23.7 Å². The lowest BCUT2D eigenvalue weighted by Gasteiger charge is -2.45. The summed E-state index contributed by atoms with van der Waals surface area (Å²) in [6.45, 7) is 1.32. The fourth-order valence-corrected chi connectivity index (χ4v) is 5.63. The number of rotatable bonds is 4. The Hall–Kier alpha value is -1.67. The molecule has 2 saturated heterocycles. The maximum absolute atomic E-state index is 12.9. The number of likely N-dealkylation sites (tertiary alicyclic amines) is 1. The molecule has 2 saturated carbocycles. The number of amides is 2. The number of aliphatic hydroxyl groups is 6. The van der Waals surface area contributed by atoms with Gasteiger partial charge in [-0.15, -0.1) is 0 Å². The first kappa shape index (κ1) is 23.5. The monoisotopic (exact) mass is 458 g/mol. The summed E-state index contributed by atoms with van der Waals surface area (Å²) in [5.41, 5.74) is 0.346. The molecule has 0 radical (unpaired) electrons. The molecule has 0 aromatic carbocycles. The maximum atomic E-state index is 12.9. The van der Waals surface area contributed by atoms with E-state index in [2.05, 4.69) is 5.16 Å². The predicted octanol–water partition coefficient (Wildman–Crippen LogP) is -3.07. The van der Waals surface area contributed by atoms with E-state index in [1.54, 1.807) is 6.92 Å². The minimum Gasteiger partial charge on any atom is -0.394 e. The van der Waals surface area contributed by atoms with E-state index >= 15 is 0 Å². The van der Waals surface area contributed by atoms with Crippen LogP contribution < -0.4 is 0 Å². The first-order valence-corrected chi connectivity index (χ1v) is 11.0. The van der Waals surface area contributed by atoms with Gasteiger partial charge < -0.3 is 40.2 Å². The summed E-state index contributed by atoms with van der Waals surface area (Å²) in [4.78, 5) is 32.0. The molecule has 4 rings (SSSR count). The number of fused-ring (bicyclic) bond motifs is 3. The van der Waals surface area contributed by atoms with Gasteiger partial charge in [-0.1, -0.05) is 5.16 Å². The molecule has 12 heteroatoms. The topological polar surface area (TPSA) is 190 Å². The van der Waals surface area contributed by atoms with E-state index in [0.29, 0.717) is 18.6 Å². The molecule has 4 fully saturated rings. The molecule has 180 valence electrons. The number of nitrogens with zero attached hydrogens (tertiary/aromatic N) is 2. The Labute approximate surface area is 184 Å². The third-order valence-electron chi connectivity index (χ3n) is 7.31. The van der Waals surface area contributed by atoms with Gasteiger partial charge in [0, 0.05) is 24.8 Å². The van der Waals surface area contributed by atoms with Gasteiger partial charge >= 0.3 is 0 Å². The van der Waals surface area contributed by atoms with Crippen molar-refractivity contribution in [3.63, 3.8) is 0 Å². The van der Waals surface area contributed by atoms with Crippen molar-refractivity contribution >= 4 is 17.5 Å². The molecule has 2 aliphatic carbocycles. The van der Waals surface area contributed by atoms with Crippen molar-refractivity contribution in [2.24, 2.45) is 28.8 Å². The van der Waals surface area contributed by atoms with E-state index in [4.69, 9.17) is 9.57 Å². The van der Waals surface area contributed by atoms with Crippen LogP contribution in [0.15, 0.2) is 5.16 Å². The Morgan fingerprint density at radius 3 is 2.34 bits per heavy atom. The smallest absolute Gasteiger partial charge is 0.256 e. The summed E-state index contributed by atoms with van der Waals surface area (Å²) in [7, 11) is 0. The van der Waals surface area contributed by atoms with Gasteiger partial charge in [-0.25, -0.2) is 0 Å². The Kier molecular flexibility index (Phi) is 6.56. The lowest BCUT2D eigenvalue weighted by Crippen LogP contribution is -2.59. The predicted molar refractivity (Wildman–Crippen MR) is 105 cm³/mol. The van der Waals surface area contributed by atoms with Gasteiger partial charge in [0.15, 0.2) is 0 Å². The van der Waals surface area contributed by atoms with Crippen LogP contribution in [0.4, 0.5) is 0 Å². The van der Waals surface area contributed by atoms with Crippen LogP contribution in [0.5, 0.6) is 0 Å². The zero-order valence-corrected chi connectivity index (χ0v) is 17.6. The van der Waals surface area contributed by atoms with E-state index in [9.17, 15) is 40.2 Å². The second-order valence-corrected chi connectivity index (χ2v) is 8.96. The van der Waals surface area contributed by atoms with Gasteiger partial charge in [0.05, 0.1) is 36.4 Å². The number of aliphatic hydroxyl groups excluding tert-OH is 6. The van der Waals surface area contributed by atoms with E-state index in [1.807, 2.05) is 0 Å². The van der Waals surface area contributed by atoms with Gasteiger partial charge in [0.2, 0.25) is 11.8 Å². The van der Waals surface area contributed by atoms with Crippen LogP contribution in [0.1, 0.15) is 26.2 Å². The van der Waals surface area contributed by atoms with Gasteiger partial charge in [-0.2, -0.15) is 0 Å². The third kappa shape index (κ3) is 3.63. The molecule has 2 aliphatic heterocycles. The third-order valence-corrected chi connectivity index (χ3v) is 7.31. The molecule has 12 nitrogen and oxygen atoms in total. The fourth-order valence-electron chi connectivity index (χ4n) is 5.63. The molecular weight excluding hydrogens is 428 g/mol. The van der Waals surface area contributed by atoms with E-state index in [-0.39, 0.29) is 24.8 Å². The number of ether oxygens (including phenoxy) is 1. The van der Waals surface area contributed by atoms with Crippen molar-refractivity contribution < 1.29 is 49.8 Å². The SMILES string of the molecule is CCN1C(=O)[C@H]2[C@H]3[C@H](O)[C@H](O)CC(=NO[C@@H]4O[C@H](CO)[C@@H](O)[C@H](O)[C@H]4O)[C@@H]3CC[C@H]2C1=O. The summed E-state index contributed by atoms with van der Waals surface area (Å²) in [5, 5.41) is 64.4. The highest BCUT2D eigenvalue weighted by atomic mass is 16.8. The highest BCUT2D eigenvalue weighted by Crippen LogP contribution is 2.49. The Bertz CT molecular complexity index is 775. The zero-order valence-electron chi connectivity index (χ0n) is 17.6. The number of oxime groups is 1. The number of carbonyl (C=O) groups is 2. The van der Waals surface area contributed by atoms with Crippen molar-refractivity contribution in [3.8, 4) is 0 Å². The molecule has 2 heterocycles. The standard InChI is InChI=1S/C20H30N2O10/c1-2-22-18(29)8-4-3-7-9(5-10(24)14(25)12(7)13(8)19(22)30)21-32-20-17(28)16(27)15(26)11(6-23)31-20/h7-8,10-17,20,23-28H,2-6H2,1H3/t7-,8+,10+,11+,12-,13+,14+,15+,16-,17+,20-/m0/s1. The minimum atomic E-state index is -1.64. The normalized spacial score (nSPS) is 48.0. The van der Waals surface area contributed by atoms with Crippen molar-refractivity contribution in [3.05, 3.63) is 0 Å². The zero-order chi connectivity index (χ0) is 23.3. The molecule has 0 bridgehead atoms. The average Bonchev–Trinajstić information content (AvgIpc) is 3.03. The molecule has 0 aromatic rings. The summed E-state index contributed by atoms with van der Waals surface area (Å²) >= 11 is 0. The second-order valence-electron chi connectivity index (χ2n) is 8.96. The van der Waals surface area contributed by atoms with Crippen LogP contribution >= 0.6 is 0 Å². The largest absolute Gasteiger partial charge is 0.394 e. The van der Waals surface area contributed by atoms with Crippen LogP contribution in [0.2, 0.25) is 0 Å². The summed E-state index contributed by atoms with van der Waals surface area (Å²) < 4.78 is 5.28. The first-order chi connectivity index (χ1) is 15.2. The Balaban J connectivity index is 1.56. The molecular formula is C20H30N2O10. The lowest BCUT2D eigenvalue weighted by molar-refractivity contribution is -0.301. The lowest BCUT2D eigenvalue weighted by atomic mass is 9.60. The quantitative estimate of drug-likeness (QED) is 0.186. The summed E-state index contributed by atoms with van der Waals surface area (Å²) in [6.07, 6.45) is -9.08. The summed E-state index contributed by atoms with van der Waals surface area (Å²) in [6, 6.07) is 0. The van der Waals surface area contributed by atoms with Crippen molar-refractivity contribution in [2.75, 3.05) is 13.2 Å². The summed E-state index contributed by atoms with van der Waals surface area (Å²) in [5.74, 6) is -3.08. The highest BCUT2D eigenvalue weighted by molar-refractivity contribution is 6.06. The van der Waals surface area contributed by atoms with Gasteiger partial charge in [0.1, 0.15) is 24.4 Å². The highest BCUT2D eigenvalue weighted by Gasteiger charge is 2.59. The van der Waals surface area contributed by atoms with E-state index < -0.39 is 73.2 Å². The van der Waals surface area contributed by atoms with Gasteiger partial charge in [-0.05, 0) is 19.8 Å². The van der Waals surface area contributed by atoms with Crippen LogP contribution in [-0.2, 0) is 19.2 Å². The van der Waals surface area contributed by atoms with Crippen LogP contribution in [0.25, 0.3) is 0 Å². The number of imide groups is 1. The maximum Gasteiger partial charge on any atom is 0.256 e. The number of carbonyl (C=O) groups excluding carboxylic acids is 2. The van der Waals surface area contributed by atoms with Gasteiger partial charge in [0.25, 0.3) is 6.29 Å². The number of hydrogen-bond acceptors (Lipinski definition) is 11. The number of hydrogen-bond donors (Lipinski definition) is 6. The molecule has 4 aliphatic rings. The molecule has 11 atom stereocenters. The van der Waals surface area contributed by atoms with Crippen molar-refractivity contribution in [1.82, 2.24) is 4.90 Å². The molecule has 0 spiro atoms. The first-order valence-electron chi connectivity index (χ1n) is 11.0. The molecule has 2 amide bonds. The molecule has 32 heavy (non-hydrogen) atoms.